The van der Waals surface area contributed by atoms with E-state index in [1.54, 1.807) is 0 Å². The van der Waals surface area contributed by atoms with Gasteiger partial charge >= 0.3 is 0 Å². The number of nitrogens with zero attached hydrogens (tertiary/aromatic N) is 3. The number of aromatic amines is 1. The Morgan fingerprint density at radius 1 is 1.61 bits per heavy atom. The van der Waals surface area contributed by atoms with E-state index in [1.165, 1.54) is 0 Å². The quantitative estimate of drug-likeness (QED) is 0.815. The lowest BCUT2D eigenvalue weighted by Crippen LogP contribution is -2.45. The van der Waals surface area contributed by atoms with Crippen molar-refractivity contribution in [2.75, 3.05) is 19.6 Å². The molecule has 1 aliphatic rings. The number of nitrogens with two attached hydrogens (primary N) is 1. The van der Waals surface area contributed by atoms with Crippen molar-refractivity contribution < 1.29 is 4.79 Å². The summed E-state index contributed by atoms with van der Waals surface area (Å²) in [5.41, 5.74) is 5.74. The number of aryl methyl sites for hydroxylation is 1. The predicted octanol–water partition coefficient (Wildman–Crippen LogP) is 0.424. The van der Waals surface area contributed by atoms with Crippen LogP contribution in [0, 0.1) is 11.8 Å². The highest BCUT2D eigenvalue weighted by Crippen LogP contribution is 2.22. The van der Waals surface area contributed by atoms with Crippen LogP contribution in [0.25, 0.3) is 0 Å². The summed E-state index contributed by atoms with van der Waals surface area (Å²) < 4.78 is 0. The van der Waals surface area contributed by atoms with Gasteiger partial charge < -0.3 is 10.6 Å². The Morgan fingerprint density at radius 2 is 2.39 bits per heavy atom. The van der Waals surface area contributed by atoms with Crippen LogP contribution < -0.4 is 5.73 Å². The first-order valence-corrected chi connectivity index (χ1v) is 6.56. The summed E-state index contributed by atoms with van der Waals surface area (Å²) in [4.78, 5) is 18.2. The van der Waals surface area contributed by atoms with Crippen LogP contribution in [0.5, 0.6) is 0 Å². The van der Waals surface area contributed by atoms with E-state index in [9.17, 15) is 4.79 Å². The van der Waals surface area contributed by atoms with Gasteiger partial charge in [0.1, 0.15) is 5.82 Å². The molecule has 100 valence electrons. The molecule has 6 heteroatoms. The predicted molar refractivity (Wildman–Crippen MR) is 68.0 cm³/mol. The highest BCUT2D eigenvalue weighted by Gasteiger charge is 2.29. The van der Waals surface area contributed by atoms with Crippen molar-refractivity contribution in [3.8, 4) is 0 Å². The average molecular weight is 251 g/mol. The van der Waals surface area contributed by atoms with Crippen molar-refractivity contribution in [3.63, 3.8) is 0 Å². The molecule has 1 amide bonds. The number of hydrogen-bond acceptors (Lipinski definition) is 4. The Bertz CT molecular complexity index is 416. The molecule has 0 spiro atoms. The fraction of sp³-hybridized carbons (Fsp3) is 0.750. The SMILES string of the molecule is CCc1nc(C(=O)N2CCC(C)C(CN)C2)n[nH]1. The zero-order valence-electron chi connectivity index (χ0n) is 11.0. The molecule has 2 unspecified atom stereocenters. The van der Waals surface area contributed by atoms with Gasteiger partial charge in [0, 0.05) is 19.5 Å². The van der Waals surface area contributed by atoms with Gasteiger partial charge in [-0.15, -0.1) is 5.10 Å². The summed E-state index contributed by atoms with van der Waals surface area (Å²) in [6.45, 7) is 6.28. The number of likely N-dealkylation sites (tertiary alicyclic amines) is 1. The number of rotatable bonds is 3. The third kappa shape index (κ3) is 2.53. The molecule has 0 radical (unpaired) electrons. The summed E-state index contributed by atoms with van der Waals surface area (Å²) >= 11 is 0. The van der Waals surface area contributed by atoms with E-state index in [0.717, 1.165) is 25.2 Å². The minimum absolute atomic E-state index is 0.0868. The Hall–Kier alpha value is -1.43. The molecule has 1 fully saturated rings. The van der Waals surface area contributed by atoms with Crippen LogP contribution in [-0.4, -0.2) is 45.6 Å². The monoisotopic (exact) mass is 251 g/mol. The smallest absolute Gasteiger partial charge is 0.293 e. The minimum atomic E-state index is -0.0868. The van der Waals surface area contributed by atoms with Gasteiger partial charge in [0.25, 0.3) is 5.91 Å². The molecule has 0 bridgehead atoms. The molecule has 0 saturated carbocycles. The molecule has 1 aromatic heterocycles. The number of H-pyrrole nitrogens is 1. The Kier molecular flexibility index (Phi) is 3.96. The summed E-state index contributed by atoms with van der Waals surface area (Å²) in [5.74, 6) is 1.90. The molecule has 6 nitrogen and oxygen atoms in total. The van der Waals surface area contributed by atoms with Crippen LogP contribution in [0.4, 0.5) is 0 Å². The molecule has 1 aromatic rings. The third-order valence-corrected chi connectivity index (χ3v) is 3.76. The lowest BCUT2D eigenvalue weighted by atomic mass is 9.87. The molecule has 0 aliphatic carbocycles. The van der Waals surface area contributed by atoms with Gasteiger partial charge in [0.2, 0.25) is 5.82 Å². The van der Waals surface area contributed by atoms with E-state index in [4.69, 9.17) is 5.73 Å². The molecule has 0 aromatic carbocycles. The van der Waals surface area contributed by atoms with Crippen molar-refractivity contribution in [2.45, 2.75) is 26.7 Å². The Morgan fingerprint density at radius 3 is 3.00 bits per heavy atom. The molecular weight excluding hydrogens is 230 g/mol. The van der Waals surface area contributed by atoms with Crippen molar-refractivity contribution in [1.29, 1.82) is 0 Å². The number of hydrogen-bond donors (Lipinski definition) is 2. The normalized spacial score (nSPS) is 24.3. The van der Waals surface area contributed by atoms with Gasteiger partial charge in [-0.2, -0.15) is 0 Å². The lowest BCUT2D eigenvalue weighted by molar-refractivity contribution is 0.0606. The number of piperidine rings is 1. The van der Waals surface area contributed by atoms with Crippen molar-refractivity contribution in [2.24, 2.45) is 17.6 Å². The average Bonchev–Trinajstić information content (AvgIpc) is 2.87. The molecule has 3 N–H and O–H groups in total. The summed E-state index contributed by atoms with van der Waals surface area (Å²) in [7, 11) is 0. The second-order valence-electron chi connectivity index (χ2n) is 4.97. The number of amides is 1. The second kappa shape index (κ2) is 5.48. The van der Waals surface area contributed by atoms with Crippen molar-refractivity contribution in [3.05, 3.63) is 11.6 Å². The van der Waals surface area contributed by atoms with Gasteiger partial charge in [-0.1, -0.05) is 13.8 Å². The molecule has 2 atom stereocenters. The third-order valence-electron chi connectivity index (χ3n) is 3.76. The summed E-state index contributed by atoms with van der Waals surface area (Å²) in [6, 6.07) is 0. The Balaban J connectivity index is 2.05. The van der Waals surface area contributed by atoms with Gasteiger partial charge in [-0.25, -0.2) is 4.98 Å². The van der Waals surface area contributed by atoms with Crippen LogP contribution in [0.2, 0.25) is 0 Å². The molecule has 2 rings (SSSR count). The zero-order chi connectivity index (χ0) is 13.1. The number of carbonyl (C=O) groups excluding carboxylic acids is 1. The number of nitrogens with one attached hydrogen (secondary N) is 1. The van der Waals surface area contributed by atoms with E-state index in [-0.39, 0.29) is 11.7 Å². The first-order valence-electron chi connectivity index (χ1n) is 6.56. The van der Waals surface area contributed by atoms with E-state index in [2.05, 4.69) is 22.1 Å². The molecule has 2 heterocycles. The van der Waals surface area contributed by atoms with Gasteiger partial charge in [-0.3, -0.25) is 9.89 Å². The van der Waals surface area contributed by atoms with Crippen LogP contribution >= 0.6 is 0 Å². The molecule has 1 aliphatic heterocycles. The maximum atomic E-state index is 12.2. The van der Waals surface area contributed by atoms with Crippen LogP contribution in [0.1, 0.15) is 36.7 Å². The van der Waals surface area contributed by atoms with Gasteiger partial charge in [0.15, 0.2) is 0 Å². The van der Waals surface area contributed by atoms with Crippen LogP contribution in [0.3, 0.4) is 0 Å². The van der Waals surface area contributed by atoms with Crippen molar-refractivity contribution in [1.82, 2.24) is 20.1 Å². The highest BCUT2D eigenvalue weighted by atomic mass is 16.2. The number of aromatic nitrogens is 3. The van der Waals surface area contributed by atoms with Crippen molar-refractivity contribution >= 4 is 5.91 Å². The Labute approximate surface area is 107 Å². The second-order valence-corrected chi connectivity index (χ2v) is 4.97. The van der Waals surface area contributed by atoms with E-state index < -0.39 is 0 Å². The van der Waals surface area contributed by atoms with Crippen LogP contribution in [0.15, 0.2) is 0 Å². The first-order chi connectivity index (χ1) is 8.65. The number of carbonyl (C=O) groups is 1. The van der Waals surface area contributed by atoms with Gasteiger partial charge in [-0.05, 0) is 24.8 Å². The van der Waals surface area contributed by atoms with Gasteiger partial charge in [0.05, 0.1) is 0 Å². The highest BCUT2D eigenvalue weighted by molar-refractivity contribution is 5.90. The molecule has 18 heavy (non-hydrogen) atoms. The minimum Gasteiger partial charge on any atom is -0.336 e. The largest absolute Gasteiger partial charge is 0.336 e. The van der Waals surface area contributed by atoms with E-state index >= 15 is 0 Å². The maximum absolute atomic E-state index is 12.2. The zero-order valence-corrected chi connectivity index (χ0v) is 11.0. The topological polar surface area (TPSA) is 87.9 Å². The molecular formula is C12H21N5O. The summed E-state index contributed by atoms with van der Waals surface area (Å²) in [5, 5.41) is 6.75. The fourth-order valence-corrected chi connectivity index (χ4v) is 2.33. The lowest BCUT2D eigenvalue weighted by Gasteiger charge is -2.35. The standard InChI is InChI=1S/C12H21N5O/c1-3-10-14-11(16-15-10)12(18)17-5-4-8(2)9(6-13)7-17/h8-9H,3-7,13H2,1-2H3,(H,14,15,16). The van der Waals surface area contributed by atoms with E-state index in [0.29, 0.717) is 24.9 Å². The van der Waals surface area contributed by atoms with E-state index in [1.807, 2.05) is 11.8 Å². The fourth-order valence-electron chi connectivity index (χ4n) is 2.33. The maximum Gasteiger partial charge on any atom is 0.293 e. The van der Waals surface area contributed by atoms with Crippen LogP contribution in [-0.2, 0) is 6.42 Å². The summed E-state index contributed by atoms with van der Waals surface area (Å²) in [6.07, 6.45) is 1.75. The first kappa shape index (κ1) is 13.0. The molecule has 1 saturated heterocycles.